The van der Waals surface area contributed by atoms with Gasteiger partial charge >= 0.3 is 5.97 Å². The number of hydrogen-bond acceptors (Lipinski definition) is 5. The molecule has 21 heavy (non-hydrogen) atoms. The van der Waals surface area contributed by atoms with E-state index in [1.54, 1.807) is 6.26 Å². The van der Waals surface area contributed by atoms with Crippen molar-refractivity contribution in [2.45, 2.75) is 36.9 Å². The first-order chi connectivity index (χ1) is 10.0. The molecule has 2 heterocycles. The summed E-state index contributed by atoms with van der Waals surface area (Å²) < 4.78 is 0. The second kappa shape index (κ2) is 7.09. The third-order valence-electron chi connectivity index (χ3n) is 3.41. The van der Waals surface area contributed by atoms with Gasteiger partial charge in [-0.2, -0.15) is 0 Å². The molecular formula is C13H16ClN3O3S. The molecular weight excluding hydrogens is 314 g/mol. The molecule has 1 unspecified atom stereocenters. The maximum Gasteiger partial charge on any atom is 0.326 e. The zero-order valence-electron chi connectivity index (χ0n) is 11.6. The summed E-state index contributed by atoms with van der Waals surface area (Å²) in [5.41, 5.74) is 0.0733. The minimum Gasteiger partial charge on any atom is -0.480 e. The minimum absolute atomic E-state index is 0.0733. The molecule has 1 saturated heterocycles. The quantitative estimate of drug-likeness (QED) is 0.677. The Morgan fingerprint density at radius 2 is 2.19 bits per heavy atom. The summed E-state index contributed by atoms with van der Waals surface area (Å²) in [4.78, 5) is 33.5. The largest absolute Gasteiger partial charge is 0.480 e. The number of amides is 1. The average molecular weight is 330 g/mol. The first-order valence-corrected chi connectivity index (χ1v) is 8.25. The highest BCUT2D eigenvalue weighted by molar-refractivity contribution is 7.98. The molecule has 1 aromatic heterocycles. The first kappa shape index (κ1) is 16.0. The number of halogens is 1. The Hall–Kier alpha value is -1.34. The molecule has 1 N–H and O–H groups in total. The lowest BCUT2D eigenvalue weighted by Crippen LogP contribution is -2.45. The maximum atomic E-state index is 12.6. The molecule has 114 valence electrons. The van der Waals surface area contributed by atoms with Gasteiger partial charge in [-0.15, -0.1) is 0 Å². The molecule has 0 radical (unpaired) electrons. The summed E-state index contributed by atoms with van der Waals surface area (Å²) in [6, 6.07) is -0.816. The van der Waals surface area contributed by atoms with Gasteiger partial charge in [0, 0.05) is 6.54 Å². The van der Waals surface area contributed by atoms with Crippen LogP contribution in [0, 0.1) is 0 Å². The van der Waals surface area contributed by atoms with Gasteiger partial charge in [0.15, 0.2) is 10.9 Å². The Labute approximate surface area is 131 Å². The molecule has 1 fully saturated rings. The normalized spacial score (nSPS) is 19.1. The summed E-state index contributed by atoms with van der Waals surface area (Å²) in [5.74, 6) is -1.42. The topological polar surface area (TPSA) is 83.4 Å². The number of nitrogens with zero attached hydrogens (tertiary/aromatic N) is 3. The van der Waals surface area contributed by atoms with E-state index in [4.69, 9.17) is 11.6 Å². The monoisotopic (exact) mass is 329 g/mol. The number of carbonyl (C=O) groups excluding carboxylic acids is 1. The Balaban J connectivity index is 2.33. The molecule has 0 aliphatic carbocycles. The van der Waals surface area contributed by atoms with E-state index in [2.05, 4.69) is 9.97 Å². The molecule has 1 atom stereocenters. The van der Waals surface area contributed by atoms with Crippen molar-refractivity contribution in [3.05, 3.63) is 16.9 Å². The van der Waals surface area contributed by atoms with Gasteiger partial charge in [0.25, 0.3) is 5.91 Å². The first-order valence-electron chi connectivity index (χ1n) is 6.65. The lowest BCUT2D eigenvalue weighted by molar-refractivity contribution is -0.142. The molecule has 0 aromatic carbocycles. The molecule has 0 bridgehead atoms. The van der Waals surface area contributed by atoms with E-state index in [0.717, 1.165) is 19.3 Å². The van der Waals surface area contributed by atoms with Gasteiger partial charge < -0.3 is 10.0 Å². The number of carbonyl (C=O) groups is 2. The van der Waals surface area contributed by atoms with Crippen LogP contribution in [0.5, 0.6) is 0 Å². The highest BCUT2D eigenvalue weighted by Gasteiger charge is 2.33. The van der Waals surface area contributed by atoms with Gasteiger partial charge in [-0.25, -0.2) is 14.8 Å². The Bertz CT molecular complexity index is 555. The average Bonchev–Trinajstić information content (AvgIpc) is 2.73. The number of likely N-dealkylation sites (tertiary alicyclic amines) is 1. The molecule has 1 aromatic rings. The molecule has 1 aliphatic rings. The summed E-state index contributed by atoms with van der Waals surface area (Å²) >= 11 is 7.31. The van der Waals surface area contributed by atoms with Gasteiger partial charge in [-0.3, -0.25) is 4.79 Å². The van der Waals surface area contributed by atoms with Crippen LogP contribution in [0.2, 0.25) is 5.02 Å². The summed E-state index contributed by atoms with van der Waals surface area (Å²) in [6.45, 7) is 0.407. The van der Waals surface area contributed by atoms with Crippen molar-refractivity contribution in [3.63, 3.8) is 0 Å². The van der Waals surface area contributed by atoms with Gasteiger partial charge in [0.2, 0.25) is 0 Å². The van der Waals surface area contributed by atoms with E-state index in [-0.39, 0.29) is 10.7 Å². The van der Waals surface area contributed by atoms with Crippen LogP contribution in [0.1, 0.15) is 36.2 Å². The van der Waals surface area contributed by atoms with Crippen LogP contribution in [-0.2, 0) is 4.79 Å². The molecule has 1 amide bonds. The number of carboxylic acids is 1. The fraction of sp³-hybridized carbons (Fsp3) is 0.538. The number of hydrogen-bond donors (Lipinski definition) is 1. The Morgan fingerprint density at radius 3 is 2.86 bits per heavy atom. The van der Waals surface area contributed by atoms with Crippen molar-refractivity contribution in [1.29, 1.82) is 0 Å². The van der Waals surface area contributed by atoms with Crippen LogP contribution < -0.4 is 0 Å². The van der Waals surface area contributed by atoms with E-state index in [1.807, 2.05) is 0 Å². The highest BCUT2D eigenvalue weighted by atomic mass is 35.5. The maximum absolute atomic E-state index is 12.6. The summed E-state index contributed by atoms with van der Waals surface area (Å²) in [5, 5.41) is 9.92. The summed E-state index contributed by atoms with van der Waals surface area (Å²) in [6.07, 6.45) is 6.13. The van der Waals surface area contributed by atoms with Gasteiger partial charge in [-0.05, 0) is 19.1 Å². The number of rotatable bonds is 3. The van der Waals surface area contributed by atoms with Crippen LogP contribution in [0.4, 0.5) is 0 Å². The molecule has 2 rings (SSSR count). The van der Waals surface area contributed by atoms with Crippen LogP contribution in [0.15, 0.2) is 11.4 Å². The molecule has 1 aliphatic heterocycles. The second-order valence-corrected chi connectivity index (χ2v) is 5.94. The highest BCUT2D eigenvalue weighted by Crippen LogP contribution is 2.23. The fourth-order valence-corrected chi connectivity index (χ4v) is 2.86. The van der Waals surface area contributed by atoms with Crippen LogP contribution in [0.3, 0.4) is 0 Å². The number of carboxylic acid groups (broad SMARTS) is 1. The van der Waals surface area contributed by atoms with Crippen LogP contribution >= 0.6 is 23.4 Å². The van der Waals surface area contributed by atoms with E-state index < -0.39 is 17.9 Å². The number of aliphatic carboxylic acids is 1. The molecule has 0 saturated carbocycles. The minimum atomic E-state index is -0.986. The summed E-state index contributed by atoms with van der Waals surface area (Å²) in [7, 11) is 0. The smallest absolute Gasteiger partial charge is 0.326 e. The van der Waals surface area contributed by atoms with Gasteiger partial charge in [0.05, 0.1) is 11.2 Å². The van der Waals surface area contributed by atoms with Crippen LogP contribution in [-0.4, -0.2) is 50.7 Å². The number of aromatic nitrogens is 2. The predicted molar refractivity (Wildman–Crippen MR) is 79.8 cm³/mol. The van der Waals surface area contributed by atoms with Crippen molar-refractivity contribution in [1.82, 2.24) is 14.9 Å². The lowest BCUT2D eigenvalue weighted by Gasteiger charge is -2.26. The molecule has 0 spiro atoms. The predicted octanol–water partition coefficient (Wildman–Crippen LogP) is 2.32. The van der Waals surface area contributed by atoms with Crippen molar-refractivity contribution in [3.8, 4) is 0 Å². The standard InChI is InChI=1S/C13H16ClN3O3S/c1-21-13-15-7-8(14)10(16-13)11(18)17-6-4-2-3-5-9(17)12(19)20/h7,9H,2-6H2,1H3,(H,19,20). The van der Waals surface area contributed by atoms with E-state index in [9.17, 15) is 14.7 Å². The molecule has 6 nitrogen and oxygen atoms in total. The van der Waals surface area contributed by atoms with Crippen LogP contribution in [0.25, 0.3) is 0 Å². The molecule has 8 heteroatoms. The Kier molecular flexibility index (Phi) is 5.41. The zero-order valence-corrected chi connectivity index (χ0v) is 13.2. The zero-order chi connectivity index (χ0) is 15.4. The van der Waals surface area contributed by atoms with Crippen molar-refractivity contribution < 1.29 is 14.7 Å². The third kappa shape index (κ3) is 3.65. The van der Waals surface area contributed by atoms with Crippen molar-refractivity contribution in [2.75, 3.05) is 12.8 Å². The van der Waals surface area contributed by atoms with E-state index in [1.165, 1.54) is 22.9 Å². The van der Waals surface area contributed by atoms with Crippen molar-refractivity contribution in [2.24, 2.45) is 0 Å². The lowest BCUT2D eigenvalue weighted by atomic mass is 10.1. The van der Waals surface area contributed by atoms with Gasteiger partial charge in [-0.1, -0.05) is 36.2 Å². The Morgan fingerprint density at radius 1 is 1.43 bits per heavy atom. The van der Waals surface area contributed by atoms with E-state index in [0.29, 0.717) is 18.1 Å². The van der Waals surface area contributed by atoms with E-state index >= 15 is 0 Å². The fourth-order valence-electron chi connectivity index (χ4n) is 2.34. The van der Waals surface area contributed by atoms with Gasteiger partial charge in [0.1, 0.15) is 6.04 Å². The number of thioether (sulfide) groups is 1. The SMILES string of the molecule is CSc1ncc(Cl)c(C(=O)N2CCCCCC2C(=O)O)n1. The second-order valence-electron chi connectivity index (χ2n) is 4.76. The third-order valence-corrected chi connectivity index (χ3v) is 4.24. The van der Waals surface area contributed by atoms with Crippen molar-refractivity contribution >= 4 is 35.2 Å².